The summed E-state index contributed by atoms with van der Waals surface area (Å²) in [4.78, 5) is 89.7. The minimum absolute atomic E-state index is 0.0593. The van der Waals surface area contributed by atoms with E-state index in [9.17, 15) is 58.8 Å². The number of carboxylic acid groups (broad SMARTS) is 3. The fraction of sp³-hybridized carbons (Fsp3) is 0.917. The van der Waals surface area contributed by atoms with Gasteiger partial charge in [-0.05, 0) is 77.0 Å². The van der Waals surface area contributed by atoms with Crippen molar-refractivity contribution in [2.24, 2.45) is 0 Å². The molecule has 0 radical (unpaired) electrons. The van der Waals surface area contributed by atoms with Gasteiger partial charge in [0.1, 0.15) is 32.0 Å². The number of esters is 5. The third-order valence-electron chi connectivity index (χ3n) is 22.4. The molecule has 16 atom stereocenters. The smallest absolute Gasteiger partial charge is 0.306 e. The molecule has 2 fully saturated rings. The van der Waals surface area contributed by atoms with E-state index >= 15 is 0 Å². The number of hydrogen-bond donors (Lipinski definition) is 13. The molecule has 0 aromatic heterocycles. The fourth-order valence-corrected chi connectivity index (χ4v) is 15.4. The van der Waals surface area contributed by atoms with Gasteiger partial charge in [0.05, 0.1) is 124 Å². The SMILES string of the molecule is CCCCC(OC)C(CC(OC(=O)CCS)C(CCCCCCCCC(=O)OCCOC(=O)CCS)OC)OC(=O)CCS.CCCCC(OC)C(O)CC(O)C(CCCCCCCCC(=O)O)OC.CCCCC(OC)C(O)CC(O)C(CCCCCCCCC(=O)OCCO)OC.CCCCCC1OC1CC1OC1CCCCCCCC(=O)O.O=C(O)CCS.OCCCl. The lowest BCUT2D eigenvalue weighted by Gasteiger charge is -2.32. The molecule has 0 aliphatic carbocycles. The number of aliphatic carboxylic acids is 3. The Morgan fingerprint density at radius 3 is 0.847 bits per heavy atom. The molecule has 2 rings (SSSR count). The first kappa shape index (κ1) is 134. The molecule has 0 aromatic carbocycles. The van der Waals surface area contributed by atoms with Gasteiger partial charge in [-0.3, -0.25) is 38.4 Å². The minimum Gasteiger partial charge on any atom is -0.481 e. The third kappa shape index (κ3) is 84.7. The summed E-state index contributed by atoms with van der Waals surface area (Å²) >= 11 is 20.9. The van der Waals surface area contributed by atoms with Crippen molar-refractivity contribution in [1.82, 2.24) is 0 Å². The summed E-state index contributed by atoms with van der Waals surface area (Å²) < 4.78 is 71.1. The molecular weight excluding hydrogens is 1800 g/mol. The monoisotopic (exact) mass is 1980 g/mol. The molecule has 16 unspecified atom stereocenters. The van der Waals surface area contributed by atoms with E-state index in [0.29, 0.717) is 85.4 Å². The second-order valence-corrected chi connectivity index (χ2v) is 35.6. The van der Waals surface area contributed by atoms with E-state index in [1.165, 1.54) is 38.5 Å². The molecule has 2 aliphatic heterocycles. The molecule has 2 heterocycles. The largest absolute Gasteiger partial charge is 0.481 e. The van der Waals surface area contributed by atoms with Gasteiger partial charge in [0.15, 0.2) is 0 Å². The van der Waals surface area contributed by atoms with Crippen LogP contribution in [0.2, 0.25) is 0 Å². The predicted molar refractivity (Wildman–Crippen MR) is 525 cm³/mol. The first-order chi connectivity index (χ1) is 63.1. The maximum atomic E-state index is 12.5. The predicted octanol–water partition coefficient (Wildman–Crippen LogP) is 17.0. The van der Waals surface area contributed by atoms with E-state index in [1.54, 1.807) is 42.7 Å². The van der Waals surface area contributed by atoms with Crippen LogP contribution in [-0.2, 0) is 99.9 Å². The van der Waals surface area contributed by atoms with E-state index in [1.807, 2.05) is 0 Å². The van der Waals surface area contributed by atoms with Crippen LogP contribution in [0.5, 0.6) is 0 Å². The van der Waals surface area contributed by atoms with E-state index in [-0.39, 0.29) is 151 Å². The van der Waals surface area contributed by atoms with E-state index in [4.69, 9.17) is 98.7 Å². The Morgan fingerprint density at radius 1 is 0.298 bits per heavy atom. The average molecular weight is 1980 g/mol. The molecule has 0 bridgehead atoms. The highest BCUT2D eigenvalue weighted by Crippen LogP contribution is 2.39. The molecule has 778 valence electrons. The summed E-state index contributed by atoms with van der Waals surface area (Å²) in [6, 6.07) is 0. The maximum absolute atomic E-state index is 12.5. The Hall–Kier alpha value is -3.11. The first-order valence-corrected chi connectivity index (χ1v) is 52.1. The molecule has 0 spiro atoms. The summed E-state index contributed by atoms with van der Waals surface area (Å²) in [5.74, 6) is -1.89. The van der Waals surface area contributed by atoms with Crippen LogP contribution >= 0.6 is 62.1 Å². The van der Waals surface area contributed by atoms with E-state index in [2.05, 4.69) is 78.2 Å². The molecule has 2 saturated heterocycles. The minimum atomic E-state index is -0.787. The van der Waals surface area contributed by atoms with Gasteiger partial charge in [0, 0.05) is 123 Å². The van der Waals surface area contributed by atoms with Crippen molar-refractivity contribution in [1.29, 1.82) is 0 Å². The van der Waals surface area contributed by atoms with Crippen molar-refractivity contribution in [3.63, 3.8) is 0 Å². The highest BCUT2D eigenvalue weighted by Gasteiger charge is 2.47. The molecule has 131 heavy (non-hydrogen) atoms. The van der Waals surface area contributed by atoms with E-state index in [0.717, 1.165) is 212 Å². The zero-order valence-corrected chi connectivity index (χ0v) is 86.2. The number of hydrogen-bond acceptors (Lipinski definition) is 31. The van der Waals surface area contributed by atoms with Gasteiger partial charge in [-0.2, -0.15) is 50.5 Å². The zero-order valence-electron chi connectivity index (χ0n) is 81.8. The van der Waals surface area contributed by atoms with Crippen molar-refractivity contribution in [3.05, 3.63) is 0 Å². The standard InChI is InChI=1S/C31H56O10S3.C22H44O7.C20H40O6.C18H32O4.C3H6O2S.C2H5ClO/c1-4-5-12-24(36-2)26(40-30(34)16-21-43)23-27(41-31(35)17-22-44)25(37-3)13-10-8-6-7-9-11-14-28(32)38-18-19-39-29(33)15-20-42;1-4-5-12-20(27-2)18(24)17-19(25)21(28-3)13-10-8-6-7-9-11-14-22(26)29-16-15-23;1-4-5-12-18(25-2)16(21)15-17(22)19(26-3)13-10-8-6-7-9-11-14-20(23)24;1-2-3-7-10-14-16(21-14)13-17-15(22-17)11-8-5-4-6-9-12-18(19)20;4-3(5)1-2-6;3-1-2-4/h24-27,42-44H,4-23H2,1-3H3;18-21,23-25H,4-17H2,1-3H3;16-19,21-22H,4-15H2,1-3H3,(H,23,24);14-17H,2-13H2,1H3,(H,19,20);6H,1-2H2,(H,4,5);4H,1-2H2. The van der Waals surface area contributed by atoms with Gasteiger partial charge in [-0.1, -0.05) is 207 Å². The molecule has 2 aliphatic rings. The third-order valence-corrected chi connectivity index (χ3v) is 23.5. The Morgan fingerprint density at radius 2 is 0.557 bits per heavy atom. The number of carbonyl (C=O) groups excluding carboxylic acids is 5. The number of carbonyl (C=O) groups is 8. The molecule has 9 N–H and O–H groups in total. The van der Waals surface area contributed by atoms with Crippen molar-refractivity contribution in [2.75, 3.05) is 105 Å². The molecule has 30 nitrogen and oxygen atoms in total. The van der Waals surface area contributed by atoms with Crippen LogP contribution in [0.25, 0.3) is 0 Å². The van der Waals surface area contributed by atoms with Gasteiger partial charge >= 0.3 is 47.8 Å². The van der Waals surface area contributed by atoms with Crippen molar-refractivity contribution >= 4 is 110 Å². The normalized spacial score (nSPS) is 16.9. The number of aliphatic hydroxyl groups excluding tert-OH is 6. The van der Waals surface area contributed by atoms with Gasteiger partial charge in [0.25, 0.3) is 0 Å². The van der Waals surface area contributed by atoms with Crippen molar-refractivity contribution < 1.29 is 146 Å². The number of epoxide rings is 2. The second-order valence-electron chi connectivity index (χ2n) is 33.4. The molecule has 0 saturated carbocycles. The average Bonchev–Trinajstić information content (AvgIpc) is 1.65. The van der Waals surface area contributed by atoms with Crippen LogP contribution in [0.1, 0.15) is 362 Å². The number of halogens is 1. The number of alkyl halides is 1. The van der Waals surface area contributed by atoms with Crippen LogP contribution < -0.4 is 0 Å². The lowest BCUT2D eigenvalue weighted by Crippen LogP contribution is -2.42. The number of unbranched alkanes of at least 4 members (excludes halogenated alkanes) is 24. The fourth-order valence-electron chi connectivity index (χ4n) is 14.6. The summed E-state index contributed by atoms with van der Waals surface area (Å²) in [5, 5.41) is 82.8. The van der Waals surface area contributed by atoms with Crippen LogP contribution in [-0.4, -0.2) is 296 Å². The van der Waals surface area contributed by atoms with Gasteiger partial charge in [-0.25, -0.2) is 0 Å². The second kappa shape index (κ2) is 97.1. The van der Waals surface area contributed by atoms with Gasteiger partial charge in [0.2, 0.25) is 0 Å². The Labute approximate surface area is 814 Å². The van der Waals surface area contributed by atoms with Crippen LogP contribution in [0, 0.1) is 0 Å². The Balaban J connectivity index is -0.000000814. The lowest BCUT2D eigenvalue weighted by molar-refractivity contribution is -0.170. The number of thiol groups is 4. The van der Waals surface area contributed by atoms with Crippen LogP contribution in [0.4, 0.5) is 0 Å². The van der Waals surface area contributed by atoms with E-state index < -0.39 is 54.5 Å². The molecule has 0 amide bonds. The highest BCUT2D eigenvalue weighted by atomic mass is 35.5. The molecule has 0 aromatic rings. The zero-order chi connectivity index (χ0) is 98.9. The summed E-state index contributed by atoms with van der Waals surface area (Å²) in [7, 11) is 9.59. The number of aliphatic hydroxyl groups is 6. The summed E-state index contributed by atoms with van der Waals surface area (Å²) in [5.41, 5.74) is 0. The Kier molecular flexibility index (Phi) is 99.5. The number of ether oxygens (including phenoxy) is 13. The first-order valence-electron chi connectivity index (χ1n) is 49.0. The summed E-state index contributed by atoms with van der Waals surface area (Å²) in [6.45, 7) is 8.67. The number of rotatable bonds is 84. The lowest BCUT2D eigenvalue weighted by atomic mass is 9.95. The maximum Gasteiger partial charge on any atom is 0.306 e. The highest BCUT2D eigenvalue weighted by molar-refractivity contribution is 7.80. The topological polar surface area (TPSA) is 445 Å². The van der Waals surface area contributed by atoms with Crippen LogP contribution in [0.15, 0.2) is 0 Å². The Bertz CT molecular complexity index is 2640. The van der Waals surface area contributed by atoms with Crippen LogP contribution in [0.3, 0.4) is 0 Å². The number of methoxy groups -OCH3 is 6. The van der Waals surface area contributed by atoms with Gasteiger partial charge < -0.3 is 108 Å². The van der Waals surface area contributed by atoms with Gasteiger partial charge in [-0.15, -0.1) is 11.6 Å². The quantitative estimate of drug-likeness (QED) is 0.00672. The van der Waals surface area contributed by atoms with Crippen molar-refractivity contribution in [3.8, 4) is 0 Å². The number of carboxylic acids is 3. The molecular formula is C96H183ClO30S4. The molecule has 35 heteroatoms. The van der Waals surface area contributed by atoms with Crippen molar-refractivity contribution in [2.45, 2.75) is 459 Å². The summed E-state index contributed by atoms with van der Waals surface area (Å²) in [6.07, 6.45) is 39.3.